The summed E-state index contributed by atoms with van der Waals surface area (Å²) in [4.78, 5) is 14.6. The summed E-state index contributed by atoms with van der Waals surface area (Å²) in [5, 5.41) is 0. The molecule has 1 saturated heterocycles. The Morgan fingerprint density at radius 3 is 2.44 bits per heavy atom. The SMILES string of the molecule is Cc1ccccc1NS(=O)(=O)c1ccc(C(=O)N2CC(C)OCC2C)cc1. The highest BCUT2D eigenvalue weighted by Crippen LogP contribution is 2.21. The molecule has 1 aliphatic rings. The van der Waals surface area contributed by atoms with Gasteiger partial charge in [-0.05, 0) is 56.7 Å². The van der Waals surface area contributed by atoms with Crippen molar-refractivity contribution in [3.8, 4) is 0 Å². The Bertz CT molecular complexity index is 925. The summed E-state index contributed by atoms with van der Waals surface area (Å²) in [7, 11) is -3.72. The van der Waals surface area contributed by atoms with Crippen molar-refractivity contribution in [1.82, 2.24) is 4.90 Å². The Morgan fingerprint density at radius 1 is 1.11 bits per heavy atom. The van der Waals surface area contributed by atoms with E-state index in [-0.39, 0.29) is 22.9 Å². The van der Waals surface area contributed by atoms with Crippen molar-refractivity contribution < 1.29 is 17.9 Å². The number of para-hydroxylation sites is 1. The van der Waals surface area contributed by atoms with Gasteiger partial charge in [0, 0.05) is 12.1 Å². The maximum atomic E-state index is 12.8. The fourth-order valence-corrected chi connectivity index (χ4v) is 4.15. The average Bonchev–Trinajstić information content (AvgIpc) is 2.65. The van der Waals surface area contributed by atoms with Gasteiger partial charge in [0.05, 0.1) is 29.3 Å². The fraction of sp³-hybridized carbons (Fsp3) is 0.350. The molecule has 1 fully saturated rings. The molecule has 2 atom stereocenters. The van der Waals surface area contributed by atoms with Crippen LogP contribution in [0.1, 0.15) is 29.8 Å². The molecule has 3 rings (SSSR count). The Balaban J connectivity index is 1.78. The minimum absolute atomic E-state index is 0.0110. The van der Waals surface area contributed by atoms with Crippen LogP contribution in [-0.2, 0) is 14.8 Å². The monoisotopic (exact) mass is 388 g/mol. The zero-order valence-electron chi connectivity index (χ0n) is 15.7. The second-order valence-electron chi connectivity index (χ2n) is 6.90. The van der Waals surface area contributed by atoms with E-state index in [1.807, 2.05) is 32.9 Å². The minimum Gasteiger partial charge on any atom is -0.375 e. The number of aryl methyl sites for hydroxylation is 1. The summed E-state index contributed by atoms with van der Waals surface area (Å²) in [6.45, 7) is 6.73. The van der Waals surface area contributed by atoms with Gasteiger partial charge in [0.1, 0.15) is 0 Å². The number of nitrogens with one attached hydrogen (secondary N) is 1. The Kier molecular flexibility index (Phi) is 5.53. The van der Waals surface area contributed by atoms with Crippen molar-refractivity contribution in [2.24, 2.45) is 0 Å². The summed E-state index contributed by atoms with van der Waals surface area (Å²) >= 11 is 0. The molecule has 2 aromatic rings. The molecule has 7 heteroatoms. The van der Waals surface area contributed by atoms with E-state index >= 15 is 0 Å². The molecule has 0 saturated carbocycles. The van der Waals surface area contributed by atoms with Crippen molar-refractivity contribution in [2.45, 2.75) is 37.8 Å². The molecule has 1 amide bonds. The molecule has 0 aliphatic carbocycles. The van der Waals surface area contributed by atoms with Crippen LogP contribution in [0.25, 0.3) is 0 Å². The molecule has 0 bridgehead atoms. The predicted molar refractivity (Wildman–Crippen MR) is 104 cm³/mol. The number of amides is 1. The van der Waals surface area contributed by atoms with E-state index in [0.29, 0.717) is 24.4 Å². The van der Waals surface area contributed by atoms with Gasteiger partial charge in [-0.25, -0.2) is 8.42 Å². The molecule has 1 heterocycles. The summed E-state index contributed by atoms with van der Waals surface area (Å²) in [5.74, 6) is -0.117. The maximum Gasteiger partial charge on any atom is 0.261 e. The summed E-state index contributed by atoms with van der Waals surface area (Å²) in [6, 6.07) is 13.2. The van der Waals surface area contributed by atoms with Gasteiger partial charge < -0.3 is 9.64 Å². The third kappa shape index (κ3) is 4.31. The van der Waals surface area contributed by atoms with Crippen molar-refractivity contribution >= 4 is 21.6 Å². The van der Waals surface area contributed by atoms with E-state index in [1.54, 1.807) is 29.2 Å². The summed E-state index contributed by atoms with van der Waals surface area (Å²) < 4.78 is 33.4. The molecule has 2 aromatic carbocycles. The quantitative estimate of drug-likeness (QED) is 0.873. The number of hydrogen-bond acceptors (Lipinski definition) is 4. The van der Waals surface area contributed by atoms with Gasteiger partial charge in [0.15, 0.2) is 0 Å². The van der Waals surface area contributed by atoms with Crippen LogP contribution in [0, 0.1) is 6.92 Å². The Hall–Kier alpha value is -2.38. The molecule has 27 heavy (non-hydrogen) atoms. The standard InChI is InChI=1S/C20H24N2O4S/c1-14-6-4-5-7-19(14)21-27(24,25)18-10-8-17(9-11-18)20(23)22-12-16(3)26-13-15(22)2/h4-11,15-16,21H,12-13H2,1-3H3. The van der Waals surface area contributed by atoms with Gasteiger partial charge in [0.2, 0.25) is 0 Å². The summed E-state index contributed by atoms with van der Waals surface area (Å²) in [6.07, 6.45) is -0.0110. The van der Waals surface area contributed by atoms with E-state index in [4.69, 9.17) is 4.74 Å². The van der Waals surface area contributed by atoms with E-state index in [9.17, 15) is 13.2 Å². The normalized spacial score (nSPS) is 20.3. The van der Waals surface area contributed by atoms with Crippen LogP contribution in [0.2, 0.25) is 0 Å². The zero-order chi connectivity index (χ0) is 19.6. The first-order valence-corrected chi connectivity index (χ1v) is 10.4. The van der Waals surface area contributed by atoms with E-state index < -0.39 is 10.0 Å². The number of sulfonamides is 1. The number of rotatable bonds is 4. The van der Waals surface area contributed by atoms with E-state index in [1.165, 1.54) is 12.1 Å². The number of anilines is 1. The molecule has 2 unspecified atom stereocenters. The Labute approximate surface area is 160 Å². The number of ether oxygens (including phenoxy) is 1. The molecular weight excluding hydrogens is 364 g/mol. The van der Waals surface area contributed by atoms with Crippen molar-refractivity contribution in [3.63, 3.8) is 0 Å². The second-order valence-corrected chi connectivity index (χ2v) is 8.58. The lowest BCUT2D eigenvalue weighted by Gasteiger charge is -2.36. The number of nitrogens with zero attached hydrogens (tertiary/aromatic N) is 1. The average molecular weight is 388 g/mol. The van der Waals surface area contributed by atoms with Crippen LogP contribution in [0.5, 0.6) is 0 Å². The van der Waals surface area contributed by atoms with Gasteiger partial charge in [-0.3, -0.25) is 9.52 Å². The predicted octanol–water partition coefficient (Wildman–Crippen LogP) is 3.05. The van der Waals surface area contributed by atoms with Crippen LogP contribution in [-0.4, -0.2) is 44.5 Å². The van der Waals surface area contributed by atoms with Crippen molar-refractivity contribution in [3.05, 3.63) is 59.7 Å². The van der Waals surface area contributed by atoms with E-state index in [0.717, 1.165) is 5.56 Å². The molecule has 6 nitrogen and oxygen atoms in total. The van der Waals surface area contributed by atoms with Gasteiger partial charge in [-0.1, -0.05) is 18.2 Å². The van der Waals surface area contributed by atoms with Gasteiger partial charge in [-0.15, -0.1) is 0 Å². The first kappa shape index (κ1) is 19.4. The number of carbonyl (C=O) groups excluding carboxylic acids is 1. The van der Waals surface area contributed by atoms with Crippen LogP contribution in [0.15, 0.2) is 53.4 Å². The molecule has 1 aliphatic heterocycles. The number of hydrogen-bond donors (Lipinski definition) is 1. The molecule has 0 aromatic heterocycles. The topological polar surface area (TPSA) is 75.7 Å². The first-order valence-electron chi connectivity index (χ1n) is 8.89. The third-order valence-corrected chi connectivity index (χ3v) is 6.05. The number of morpholine rings is 1. The lowest BCUT2D eigenvalue weighted by atomic mass is 10.1. The van der Waals surface area contributed by atoms with Gasteiger partial charge in [-0.2, -0.15) is 0 Å². The highest BCUT2D eigenvalue weighted by atomic mass is 32.2. The highest BCUT2D eigenvalue weighted by Gasteiger charge is 2.28. The van der Waals surface area contributed by atoms with Crippen LogP contribution in [0.3, 0.4) is 0 Å². The zero-order valence-corrected chi connectivity index (χ0v) is 16.5. The van der Waals surface area contributed by atoms with Gasteiger partial charge >= 0.3 is 0 Å². The van der Waals surface area contributed by atoms with Crippen molar-refractivity contribution in [1.29, 1.82) is 0 Å². The fourth-order valence-electron chi connectivity index (χ4n) is 3.02. The third-order valence-electron chi connectivity index (χ3n) is 4.67. The largest absolute Gasteiger partial charge is 0.375 e. The highest BCUT2D eigenvalue weighted by molar-refractivity contribution is 7.92. The van der Waals surface area contributed by atoms with Crippen molar-refractivity contribution in [2.75, 3.05) is 17.9 Å². The smallest absolute Gasteiger partial charge is 0.261 e. The second kappa shape index (κ2) is 7.70. The number of benzene rings is 2. The Morgan fingerprint density at radius 2 is 1.78 bits per heavy atom. The lowest BCUT2D eigenvalue weighted by molar-refractivity contribution is -0.0387. The summed E-state index contributed by atoms with van der Waals surface area (Å²) in [5.41, 5.74) is 1.84. The van der Waals surface area contributed by atoms with Crippen LogP contribution >= 0.6 is 0 Å². The van der Waals surface area contributed by atoms with Crippen LogP contribution < -0.4 is 4.72 Å². The molecule has 1 N–H and O–H groups in total. The van der Waals surface area contributed by atoms with E-state index in [2.05, 4.69) is 4.72 Å². The molecule has 0 radical (unpaired) electrons. The van der Waals surface area contributed by atoms with Gasteiger partial charge in [0.25, 0.3) is 15.9 Å². The molecular formula is C20H24N2O4S. The number of carbonyl (C=O) groups is 1. The lowest BCUT2D eigenvalue weighted by Crippen LogP contribution is -2.50. The molecule has 144 valence electrons. The first-order chi connectivity index (χ1) is 12.8. The molecule has 0 spiro atoms. The maximum absolute atomic E-state index is 12.8. The van der Waals surface area contributed by atoms with Crippen LogP contribution in [0.4, 0.5) is 5.69 Å². The minimum atomic E-state index is -3.72.